The number of halogens is 1. The molecule has 6 N–H and O–H groups in total. The summed E-state index contributed by atoms with van der Waals surface area (Å²) in [6.45, 7) is 9.78. The van der Waals surface area contributed by atoms with E-state index in [-0.39, 0.29) is 5.78 Å². The third-order valence-corrected chi connectivity index (χ3v) is 7.70. The van der Waals surface area contributed by atoms with Gasteiger partial charge in [-0.25, -0.2) is 9.37 Å². The molecule has 41 heavy (non-hydrogen) atoms. The van der Waals surface area contributed by atoms with Gasteiger partial charge in [0.25, 0.3) is 0 Å². The Morgan fingerprint density at radius 2 is 1.98 bits per heavy atom. The van der Waals surface area contributed by atoms with Gasteiger partial charge in [-0.05, 0) is 99.7 Å². The third kappa shape index (κ3) is 6.96. The number of benzene rings is 1. The van der Waals surface area contributed by atoms with Crippen LogP contribution in [-0.2, 0) is 7.05 Å². The lowest BCUT2D eigenvalue weighted by Crippen LogP contribution is -2.86. The average molecular weight is 557 g/mol. The van der Waals surface area contributed by atoms with Crippen LogP contribution in [0.3, 0.4) is 0 Å². The number of hydrogen-bond donors (Lipinski definition) is 3. The standard InChI is InChI=1S/C33H39FN6O/c1-20(2)27(13-11-25-9-7-8-16-36-25)28-14-12-26(19-29(28)38-35)37-30-18-24(22(4)23(5)33(30)34)10-15-32(41)31-17-21(3)39-40(31)6/h7-9,11-14,16-19,30,33,37-38H,10,15,35H2,1-6H3/p+2. The molecule has 1 aliphatic carbocycles. The van der Waals surface area contributed by atoms with E-state index in [4.69, 9.17) is 5.84 Å². The molecular formula is C33H41FN6O+2. The number of pyridine rings is 1. The number of quaternary nitrogens is 1. The summed E-state index contributed by atoms with van der Waals surface area (Å²) in [6.07, 6.45) is 7.71. The zero-order valence-electron chi connectivity index (χ0n) is 24.8. The van der Waals surface area contributed by atoms with Gasteiger partial charge in [0.1, 0.15) is 17.4 Å². The number of rotatable bonds is 10. The Labute approximate surface area is 241 Å². The first-order valence-electron chi connectivity index (χ1n) is 13.9. The minimum absolute atomic E-state index is 0.0332. The van der Waals surface area contributed by atoms with E-state index in [0.717, 1.165) is 50.6 Å². The van der Waals surface area contributed by atoms with Crippen molar-refractivity contribution < 1.29 is 19.5 Å². The highest BCUT2D eigenvalue weighted by Crippen LogP contribution is 2.32. The second-order valence-corrected chi connectivity index (χ2v) is 10.9. The van der Waals surface area contributed by atoms with Crippen molar-refractivity contribution in [3.63, 3.8) is 0 Å². The monoisotopic (exact) mass is 556 g/mol. The fraction of sp³-hybridized carbons (Fsp3) is 0.303. The number of allylic oxidation sites excluding steroid dienone is 5. The summed E-state index contributed by atoms with van der Waals surface area (Å²) in [7, 11) is 1.78. The van der Waals surface area contributed by atoms with Crippen LogP contribution in [0.2, 0.25) is 0 Å². The van der Waals surface area contributed by atoms with Gasteiger partial charge in [0.15, 0.2) is 18.2 Å². The van der Waals surface area contributed by atoms with E-state index in [1.165, 1.54) is 0 Å². The molecule has 3 aromatic rings. The molecule has 0 saturated carbocycles. The highest BCUT2D eigenvalue weighted by atomic mass is 19.1. The summed E-state index contributed by atoms with van der Waals surface area (Å²) in [5.74, 6) is 6.00. The van der Waals surface area contributed by atoms with Crippen LogP contribution in [0.4, 0.5) is 15.8 Å². The fourth-order valence-electron chi connectivity index (χ4n) is 5.29. The molecular weight excluding hydrogens is 515 g/mol. The number of nitrogens with one attached hydrogen (secondary N) is 2. The Morgan fingerprint density at radius 1 is 1.20 bits per heavy atom. The van der Waals surface area contributed by atoms with Crippen LogP contribution in [0.15, 0.2) is 83.1 Å². The molecule has 2 unspecified atom stereocenters. The van der Waals surface area contributed by atoms with Crippen molar-refractivity contribution in [1.29, 1.82) is 0 Å². The van der Waals surface area contributed by atoms with Gasteiger partial charge >= 0.3 is 0 Å². The first-order chi connectivity index (χ1) is 19.6. The summed E-state index contributed by atoms with van der Waals surface area (Å²) in [5, 5.41) is 6.22. The number of hydrazine groups is 1. The van der Waals surface area contributed by atoms with Crippen LogP contribution in [0.1, 0.15) is 68.0 Å². The van der Waals surface area contributed by atoms with E-state index in [2.05, 4.69) is 35.4 Å². The molecule has 2 aromatic heterocycles. The first-order valence-corrected chi connectivity index (χ1v) is 13.9. The van der Waals surface area contributed by atoms with E-state index >= 15 is 4.39 Å². The second kappa shape index (κ2) is 13.0. The second-order valence-electron chi connectivity index (χ2n) is 10.9. The maximum absolute atomic E-state index is 15.6. The van der Waals surface area contributed by atoms with E-state index in [1.54, 1.807) is 11.7 Å². The third-order valence-electron chi connectivity index (χ3n) is 7.70. The van der Waals surface area contributed by atoms with Gasteiger partial charge in [-0.2, -0.15) is 5.10 Å². The molecule has 0 amide bonds. The van der Waals surface area contributed by atoms with Crippen molar-refractivity contribution in [3.8, 4) is 0 Å². The van der Waals surface area contributed by atoms with Crippen LogP contribution in [0, 0.1) is 6.92 Å². The SMILES string of the molecule is CC(C)=C(C=Cc1cccc[nH+]1)c1ccc([NH2+]C2C=C(CCC(=O)c3cc(C)nn3C)C(C)=C(C)C2F)cc1NN. The van der Waals surface area contributed by atoms with Gasteiger partial charge in [-0.3, -0.25) is 15.3 Å². The number of nitrogens with two attached hydrogens (primary N) is 2. The quantitative estimate of drug-likeness (QED) is 0.105. The Kier molecular flexibility index (Phi) is 9.47. The van der Waals surface area contributed by atoms with Gasteiger partial charge in [0, 0.05) is 43.3 Å². The molecule has 0 spiro atoms. The lowest BCUT2D eigenvalue weighted by Gasteiger charge is -2.26. The normalized spacial score (nSPS) is 17.1. The summed E-state index contributed by atoms with van der Waals surface area (Å²) in [5.41, 5.74) is 12.6. The molecule has 8 heteroatoms. The van der Waals surface area contributed by atoms with E-state index < -0.39 is 12.2 Å². The minimum atomic E-state index is -1.14. The number of aryl methyl sites for hydroxylation is 2. The topological polar surface area (TPSA) is 104 Å². The molecule has 1 aromatic carbocycles. The van der Waals surface area contributed by atoms with Crippen molar-refractivity contribution in [3.05, 3.63) is 106 Å². The number of H-pyrrole nitrogens is 1. The van der Waals surface area contributed by atoms with Crippen molar-refractivity contribution >= 4 is 28.8 Å². The minimum Gasteiger partial charge on any atom is -0.323 e. The first kappa shape index (κ1) is 29.8. The molecule has 2 atom stereocenters. The summed E-state index contributed by atoms with van der Waals surface area (Å²) < 4.78 is 17.2. The van der Waals surface area contributed by atoms with Gasteiger partial charge in [0.05, 0.1) is 11.4 Å². The maximum atomic E-state index is 15.6. The number of anilines is 1. The molecule has 7 nitrogen and oxygen atoms in total. The van der Waals surface area contributed by atoms with Crippen molar-refractivity contribution in [1.82, 2.24) is 9.78 Å². The number of nitrogen functional groups attached to an aromatic ring is 1. The number of aromatic amines is 1. The molecule has 4 rings (SSSR count). The summed E-state index contributed by atoms with van der Waals surface area (Å²) >= 11 is 0. The van der Waals surface area contributed by atoms with E-state index in [0.29, 0.717) is 24.1 Å². The Balaban J connectivity index is 1.54. The molecule has 214 valence electrons. The van der Waals surface area contributed by atoms with Gasteiger partial charge in [0.2, 0.25) is 5.69 Å². The molecule has 2 heterocycles. The number of carbonyl (C=O) groups excluding carboxylic acids is 1. The van der Waals surface area contributed by atoms with E-state index in [9.17, 15) is 4.79 Å². The number of carbonyl (C=O) groups is 1. The maximum Gasteiger partial charge on any atom is 0.203 e. The number of aromatic nitrogens is 3. The molecule has 0 aliphatic heterocycles. The predicted molar refractivity (Wildman–Crippen MR) is 163 cm³/mol. The lowest BCUT2D eigenvalue weighted by atomic mass is 9.85. The summed E-state index contributed by atoms with van der Waals surface area (Å²) in [4.78, 5) is 16.1. The average Bonchev–Trinajstić information content (AvgIpc) is 3.31. The van der Waals surface area contributed by atoms with Crippen LogP contribution >= 0.6 is 0 Å². The van der Waals surface area contributed by atoms with Crippen LogP contribution in [0.5, 0.6) is 0 Å². The van der Waals surface area contributed by atoms with Gasteiger partial charge < -0.3 is 10.7 Å². The lowest BCUT2D eigenvalue weighted by molar-refractivity contribution is -0.604. The number of Topliss-reactive ketones (excluding diaryl/α,β-unsaturated/α-hetero) is 1. The zero-order chi connectivity index (χ0) is 29.7. The molecule has 0 bridgehead atoms. The number of hydrogen-bond acceptors (Lipinski definition) is 4. The van der Waals surface area contributed by atoms with Gasteiger partial charge in [-0.1, -0.05) is 5.57 Å². The number of alkyl halides is 1. The highest BCUT2D eigenvalue weighted by Gasteiger charge is 2.31. The zero-order valence-corrected chi connectivity index (χ0v) is 24.8. The molecule has 0 radical (unpaired) electrons. The van der Waals surface area contributed by atoms with E-state index in [1.807, 2.05) is 86.9 Å². The number of nitrogens with zero attached hydrogens (tertiary/aromatic N) is 2. The van der Waals surface area contributed by atoms with Crippen LogP contribution in [0.25, 0.3) is 11.6 Å². The fourth-order valence-corrected chi connectivity index (χ4v) is 5.29. The smallest absolute Gasteiger partial charge is 0.203 e. The van der Waals surface area contributed by atoms with Crippen molar-refractivity contribution in [2.75, 3.05) is 5.43 Å². The Bertz CT molecular complexity index is 1540. The highest BCUT2D eigenvalue weighted by molar-refractivity contribution is 5.94. The molecule has 0 saturated heterocycles. The van der Waals surface area contributed by atoms with Crippen molar-refractivity contribution in [2.45, 2.75) is 59.7 Å². The van der Waals surface area contributed by atoms with Gasteiger partial charge in [-0.15, -0.1) is 0 Å². The molecule has 1 aliphatic rings. The van der Waals surface area contributed by atoms with Crippen molar-refractivity contribution in [2.24, 2.45) is 12.9 Å². The predicted octanol–water partition coefficient (Wildman–Crippen LogP) is 5.18. The molecule has 0 fully saturated rings. The Hall–Kier alpha value is -4.14. The summed E-state index contributed by atoms with van der Waals surface area (Å²) in [6, 6.07) is 13.3. The van der Waals surface area contributed by atoms with Crippen LogP contribution in [-0.4, -0.2) is 27.8 Å². The number of ketones is 1. The Morgan fingerprint density at radius 3 is 2.61 bits per heavy atom. The van der Waals surface area contributed by atoms with Crippen LogP contribution < -0.4 is 21.6 Å². The largest absolute Gasteiger partial charge is 0.323 e.